The van der Waals surface area contributed by atoms with E-state index in [1.54, 1.807) is 25.0 Å². The van der Waals surface area contributed by atoms with Crippen LogP contribution in [0.5, 0.6) is 0 Å². The average molecular weight is 317 g/mol. The van der Waals surface area contributed by atoms with Gasteiger partial charge in [0.15, 0.2) is 0 Å². The van der Waals surface area contributed by atoms with Gasteiger partial charge >= 0.3 is 0 Å². The second kappa shape index (κ2) is 6.37. The van der Waals surface area contributed by atoms with Gasteiger partial charge in [0.25, 0.3) is 0 Å². The fraction of sp³-hybridized carbons (Fsp3) is 0.0556. The zero-order chi connectivity index (χ0) is 16.2. The molecule has 0 bridgehead atoms. The van der Waals surface area contributed by atoms with Crippen LogP contribution in [0.15, 0.2) is 78.1 Å². The van der Waals surface area contributed by atoms with Crippen LogP contribution in [0.25, 0.3) is 16.9 Å². The minimum absolute atomic E-state index is 0.552. The number of aromatic nitrogens is 4. The van der Waals surface area contributed by atoms with E-state index in [0.29, 0.717) is 12.5 Å². The molecule has 0 saturated heterocycles. The number of nitrogens with zero attached hydrogens (tertiary/aromatic N) is 4. The van der Waals surface area contributed by atoms with Gasteiger partial charge in [-0.2, -0.15) is 0 Å². The van der Waals surface area contributed by atoms with E-state index in [0.717, 1.165) is 22.7 Å². The molecule has 0 atom stereocenters. The number of hydrogen-bond acceptors (Lipinski definition) is 5. The van der Waals surface area contributed by atoms with E-state index in [9.17, 15) is 0 Å². The van der Waals surface area contributed by atoms with E-state index in [-0.39, 0.29) is 0 Å². The van der Waals surface area contributed by atoms with Crippen molar-refractivity contribution in [2.45, 2.75) is 6.54 Å². The maximum atomic E-state index is 5.29. The standard InChI is InChI=1S/C18H15N5O/c1-2-16(24-11-1)12-21-18-20-8-7-17(22-18)14-3-5-15(6-4-14)23-10-9-19-13-23/h1-11,13H,12H2,(H,20,21,22). The van der Waals surface area contributed by atoms with Gasteiger partial charge < -0.3 is 14.3 Å². The lowest BCUT2D eigenvalue weighted by Crippen LogP contribution is -2.03. The van der Waals surface area contributed by atoms with Crippen molar-refractivity contribution in [1.82, 2.24) is 19.5 Å². The molecule has 0 saturated carbocycles. The Morgan fingerprint density at radius 2 is 1.96 bits per heavy atom. The Morgan fingerprint density at radius 3 is 2.71 bits per heavy atom. The number of benzene rings is 1. The van der Waals surface area contributed by atoms with Crippen LogP contribution in [0.2, 0.25) is 0 Å². The highest BCUT2D eigenvalue weighted by Gasteiger charge is 2.04. The van der Waals surface area contributed by atoms with E-state index < -0.39 is 0 Å². The second-order valence-electron chi connectivity index (χ2n) is 5.22. The summed E-state index contributed by atoms with van der Waals surface area (Å²) in [6.45, 7) is 0.552. The Morgan fingerprint density at radius 1 is 1.04 bits per heavy atom. The van der Waals surface area contributed by atoms with Crippen molar-refractivity contribution in [2.24, 2.45) is 0 Å². The smallest absolute Gasteiger partial charge is 0.223 e. The molecule has 24 heavy (non-hydrogen) atoms. The van der Waals surface area contributed by atoms with Crippen molar-refractivity contribution in [3.8, 4) is 16.9 Å². The minimum atomic E-state index is 0.552. The third kappa shape index (κ3) is 3.03. The maximum Gasteiger partial charge on any atom is 0.223 e. The molecule has 0 radical (unpaired) electrons. The van der Waals surface area contributed by atoms with Gasteiger partial charge in [0, 0.05) is 29.8 Å². The monoisotopic (exact) mass is 317 g/mol. The van der Waals surface area contributed by atoms with E-state index >= 15 is 0 Å². The molecule has 0 aliphatic carbocycles. The molecule has 6 heteroatoms. The molecule has 3 heterocycles. The van der Waals surface area contributed by atoms with Crippen molar-refractivity contribution >= 4 is 5.95 Å². The molecule has 0 amide bonds. The van der Waals surface area contributed by atoms with Crippen LogP contribution >= 0.6 is 0 Å². The molecule has 1 aromatic carbocycles. The lowest BCUT2D eigenvalue weighted by Gasteiger charge is -2.07. The summed E-state index contributed by atoms with van der Waals surface area (Å²) in [5, 5.41) is 3.16. The Hall–Kier alpha value is -3.41. The summed E-state index contributed by atoms with van der Waals surface area (Å²) >= 11 is 0. The molecule has 0 spiro atoms. The molecular formula is C18H15N5O. The summed E-state index contributed by atoms with van der Waals surface area (Å²) in [5.41, 5.74) is 2.95. The van der Waals surface area contributed by atoms with Crippen molar-refractivity contribution in [1.29, 1.82) is 0 Å². The number of anilines is 1. The van der Waals surface area contributed by atoms with Crippen molar-refractivity contribution in [3.05, 3.63) is 79.4 Å². The minimum Gasteiger partial charge on any atom is -0.467 e. The number of furan rings is 1. The average Bonchev–Trinajstić information content (AvgIpc) is 3.34. The van der Waals surface area contributed by atoms with Crippen molar-refractivity contribution in [2.75, 3.05) is 5.32 Å². The molecule has 0 fully saturated rings. The van der Waals surface area contributed by atoms with Gasteiger partial charge in [-0.15, -0.1) is 0 Å². The lowest BCUT2D eigenvalue weighted by molar-refractivity contribution is 0.517. The highest BCUT2D eigenvalue weighted by molar-refractivity contribution is 5.61. The van der Waals surface area contributed by atoms with Crippen LogP contribution < -0.4 is 5.32 Å². The molecule has 1 N–H and O–H groups in total. The molecule has 0 unspecified atom stereocenters. The zero-order valence-corrected chi connectivity index (χ0v) is 12.8. The lowest BCUT2D eigenvalue weighted by atomic mass is 10.1. The molecule has 0 aliphatic rings. The van der Waals surface area contributed by atoms with Gasteiger partial charge in [0.05, 0.1) is 24.8 Å². The predicted octanol–water partition coefficient (Wildman–Crippen LogP) is 3.53. The van der Waals surface area contributed by atoms with Gasteiger partial charge in [-0.1, -0.05) is 12.1 Å². The second-order valence-corrected chi connectivity index (χ2v) is 5.22. The first kappa shape index (κ1) is 14.2. The van der Waals surface area contributed by atoms with Crippen molar-refractivity contribution in [3.63, 3.8) is 0 Å². The summed E-state index contributed by atoms with van der Waals surface area (Å²) in [7, 11) is 0. The third-order valence-electron chi connectivity index (χ3n) is 3.62. The number of imidazole rings is 1. The van der Waals surface area contributed by atoms with Crippen LogP contribution in [0, 0.1) is 0 Å². The molecule has 4 rings (SSSR count). The van der Waals surface area contributed by atoms with Crippen LogP contribution in [-0.4, -0.2) is 19.5 Å². The summed E-state index contributed by atoms with van der Waals surface area (Å²) in [6.07, 6.45) is 8.84. The molecular weight excluding hydrogens is 302 g/mol. The Labute approximate surface area is 138 Å². The summed E-state index contributed by atoms with van der Waals surface area (Å²) in [5.74, 6) is 1.41. The van der Waals surface area contributed by atoms with Gasteiger partial charge in [0.2, 0.25) is 5.95 Å². The number of nitrogens with one attached hydrogen (secondary N) is 1. The first-order chi connectivity index (χ1) is 11.9. The van der Waals surface area contributed by atoms with Crippen LogP contribution in [0.1, 0.15) is 5.76 Å². The SMILES string of the molecule is c1coc(CNc2nccc(-c3ccc(-n4ccnc4)cc3)n2)c1. The predicted molar refractivity (Wildman–Crippen MR) is 90.6 cm³/mol. The van der Waals surface area contributed by atoms with Crippen LogP contribution in [-0.2, 0) is 6.54 Å². The Balaban J connectivity index is 1.52. The molecule has 118 valence electrons. The van der Waals surface area contributed by atoms with E-state index in [1.165, 1.54) is 0 Å². The highest BCUT2D eigenvalue weighted by Crippen LogP contribution is 2.20. The fourth-order valence-electron chi connectivity index (χ4n) is 2.40. The van der Waals surface area contributed by atoms with Gasteiger partial charge in [-0.25, -0.2) is 15.0 Å². The van der Waals surface area contributed by atoms with E-state index in [4.69, 9.17) is 4.42 Å². The number of hydrogen-bond donors (Lipinski definition) is 1. The first-order valence-electron chi connectivity index (χ1n) is 7.56. The van der Waals surface area contributed by atoms with Crippen molar-refractivity contribution < 1.29 is 4.42 Å². The topological polar surface area (TPSA) is 68.8 Å². The largest absolute Gasteiger partial charge is 0.467 e. The number of rotatable bonds is 5. The van der Waals surface area contributed by atoms with Gasteiger partial charge in [-0.3, -0.25) is 0 Å². The zero-order valence-electron chi connectivity index (χ0n) is 12.8. The van der Waals surface area contributed by atoms with E-state index in [1.807, 2.05) is 53.2 Å². The molecule has 0 aliphatic heterocycles. The van der Waals surface area contributed by atoms with Gasteiger partial charge in [-0.05, 0) is 30.3 Å². The maximum absolute atomic E-state index is 5.29. The van der Waals surface area contributed by atoms with Crippen LogP contribution in [0.4, 0.5) is 5.95 Å². The fourth-order valence-corrected chi connectivity index (χ4v) is 2.40. The molecule has 4 aromatic rings. The van der Waals surface area contributed by atoms with Crippen LogP contribution in [0.3, 0.4) is 0 Å². The normalized spacial score (nSPS) is 10.7. The third-order valence-corrected chi connectivity index (χ3v) is 3.62. The quantitative estimate of drug-likeness (QED) is 0.610. The Kier molecular flexibility index (Phi) is 3.77. The van der Waals surface area contributed by atoms with Gasteiger partial charge in [0.1, 0.15) is 5.76 Å². The summed E-state index contributed by atoms with van der Waals surface area (Å²) < 4.78 is 7.25. The first-order valence-corrected chi connectivity index (χ1v) is 7.56. The molecule has 6 nitrogen and oxygen atoms in total. The highest BCUT2D eigenvalue weighted by atomic mass is 16.3. The summed E-state index contributed by atoms with van der Waals surface area (Å²) in [4.78, 5) is 12.9. The molecule has 3 aromatic heterocycles. The van der Waals surface area contributed by atoms with E-state index in [2.05, 4.69) is 20.3 Å². The summed E-state index contributed by atoms with van der Waals surface area (Å²) in [6, 6.07) is 13.8. The Bertz CT molecular complexity index is 899.